The van der Waals surface area contributed by atoms with Crippen molar-refractivity contribution in [3.05, 3.63) is 29.8 Å². The van der Waals surface area contributed by atoms with Gasteiger partial charge in [0.2, 0.25) is 0 Å². The predicted octanol–water partition coefficient (Wildman–Crippen LogP) is 2.71. The van der Waals surface area contributed by atoms with Gasteiger partial charge in [-0.05, 0) is 42.2 Å². The smallest absolute Gasteiger partial charge is 0.121 e. The third-order valence-electron chi connectivity index (χ3n) is 2.22. The molecular formula is C11H12N2OS. The highest BCUT2D eigenvalue weighted by molar-refractivity contribution is 7.10. The Labute approximate surface area is 92.7 Å². The summed E-state index contributed by atoms with van der Waals surface area (Å²) in [6, 6.07) is 7.86. The summed E-state index contributed by atoms with van der Waals surface area (Å²) >= 11 is 1.31. The lowest BCUT2D eigenvalue weighted by molar-refractivity contribution is 0.412. The Bertz CT molecular complexity index is 479. The molecule has 0 radical (unpaired) electrons. The summed E-state index contributed by atoms with van der Waals surface area (Å²) in [5, 5.41) is 0.735. The molecule has 0 spiro atoms. The SMILES string of the molecule is COc1ccc(-c2cc(N)sn2)cc1C. The topological polar surface area (TPSA) is 48.1 Å². The highest BCUT2D eigenvalue weighted by Crippen LogP contribution is 2.27. The van der Waals surface area contributed by atoms with Crippen LogP contribution in [0.5, 0.6) is 5.75 Å². The number of aryl methyl sites for hydroxylation is 1. The van der Waals surface area contributed by atoms with Crippen molar-refractivity contribution in [2.24, 2.45) is 0 Å². The molecule has 2 rings (SSSR count). The molecule has 15 heavy (non-hydrogen) atoms. The normalized spacial score (nSPS) is 10.3. The zero-order valence-electron chi connectivity index (χ0n) is 8.65. The van der Waals surface area contributed by atoms with Crippen molar-refractivity contribution >= 4 is 16.5 Å². The van der Waals surface area contributed by atoms with Crippen molar-refractivity contribution in [1.82, 2.24) is 4.37 Å². The molecule has 0 aliphatic carbocycles. The van der Waals surface area contributed by atoms with Gasteiger partial charge in [-0.25, -0.2) is 0 Å². The quantitative estimate of drug-likeness (QED) is 0.846. The van der Waals surface area contributed by atoms with Gasteiger partial charge < -0.3 is 10.5 Å². The summed E-state index contributed by atoms with van der Waals surface area (Å²) < 4.78 is 9.46. The largest absolute Gasteiger partial charge is 0.496 e. The molecule has 0 amide bonds. The van der Waals surface area contributed by atoms with E-state index in [2.05, 4.69) is 4.37 Å². The lowest BCUT2D eigenvalue weighted by atomic mass is 10.1. The number of rotatable bonds is 2. The third kappa shape index (κ3) is 1.94. The number of nitrogens with zero attached hydrogens (tertiary/aromatic N) is 1. The number of hydrogen-bond acceptors (Lipinski definition) is 4. The van der Waals surface area contributed by atoms with Crippen molar-refractivity contribution in [3.8, 4) is 17.0 Å². The van der Waals surface area contributed by atoms with Gasteiger partial charge in [0.1, 0.15) is 10.8 Å². The highest BCUT2D eigenvalue weighted by atomic mass is 32.1. The van der Waals surface area contributed by atoms with Crippen LogP contribution >= 0.6 is 11.5 Å². The second-order valence-electron chi connectivity index (χ2n) is 3.30. The zero-order valence-corrected chi connectivity index (χ0v) is 9.47. The average Bonchev–Trinajstić information content (AvgIpc) is 2.65. The van der Waals surface area contributed by atoms with Gasteiger partial charge in [-0.2, -0.15) is 4.37 Å². The molecule has 2 N–H and O–H groups in total. The Morgan fingerprint density at radius 2 is 2.13 bits per heavy atom. The van der Waals surface area contributed by atoms with Crippen LogP contribution in [-0.4, -0.2) is 11.5 Å². The van der Waals surface area contributed by atoms with E-state index in [4.69, 9.17) is 10.5 Å². The first kappa shape index (κ1) is 9.98. The van der Waals surface area contributed by atoms with Gasteiger partial charge in [-0.15, -0.1) is 0 Å². The minimum Gasteiger partial charge on any atom is -0.496 e. The number of nitrogen functional groups attached to an aromatic ring is 1. The van der Waals surface area contributed by atoms with E-state index in [1.165, 1.54) is 11.5 Å². The van der Waals surface area contributed by atoms with Gasteiger partial charge in [0, 0.05) is 11.6 Å². The molecule has 0 atom stereocenters. The first-order chi connectivity index (χ1) is 7.20. The summed E-state index contributed by atoms with van der Waals surface area (Å²) in [6.45, 7) is 2.01. The maximum absolute atomic E-state index is 5.64. The van der Waals surface area contributed by atoms with Crippen LogP contribution < -0.4 is 10.5 Å². The fourth-order valence-corrected chi connectivity index (χ4v) is 1.99. The van der Waals surface area contributed by atoms with Gasteiger partial charge in [0.05, 0.1) is 12.8 Å². The summed E-state index contributed by atoms with van der Waals surface area (Å²) in [6.07, 6.45) is 0. The number of hydrogen-bond donors (Lipinski definition) is 1. The first-order valence-corrected chi connectivity index (χ1v) is 5.35. The molecule has 0 bridgehead atoms. The molecule has 3 nitrogen and oxygen atoms in total. The molecule has 2 aromatic rings. The monoisotopic (exact) mass is 220 g/mol. The van der Waals surface area contributed by atoms with Crippen LogP contribution in [0.25, 0.3) is 11.3 Å². The summed E-state index contributed by atoms with van der Waals surface area (Å²) in [5.74, 6) is 0.891. The van der Waals surface area contributed by atoms with Crippen molar-refractivity contribution in [2.75, 3.05) is 12.8 Å². The van der Waals surface area contributed by atoms with Crippen molar-refractivity contribution < 1.29 is 4.74 Å². The molecule has 0 saturated heterocycles. The molecule has 1 heterocycles. The number of benzene rings is 1. The van der Waals surface area contributed by atoms with Gasteiger partial charge in [0.25, 0.3) is 0 Å². The van der Waals surface area contributed by atoms with E-state index < -0.39 is 0 Å². The molecule has 78 valence electrons. The van der Waals surface area contributed by atoms with Gasteiger partial charge >= 0.3 is 0 Å². The molecule has 0 aliphatic rings. The van der Waals surface area contributed by atoms with Gasteiger partial charge in [-0.3, -0.25) is 0 Å². The maximum atomic E-state index is 5.64. The van der Waals surface area contributed by atoms with Crippen LogP contribution in [0.1, 0.15) is 5.56 Å². The maximum Gasteiger partial charge on any atom is 0.121 e. The molecule has 4 heteroatoms. The van der Waals surface area contributed by atoms with Crippen LogP contribution in [0, 0.1) is 6.92 Å². The minimum atomic E-state index is 0.735. The fraction of sp³-hybridized carbons (Fsp3) is 0.182. The Balaban J connectivity index is 2.42. The molecule has 0 unspecified atom stereocenters. The zero-order chi connectivity index (χ0) is 10.8. The van der Waals surface area contributed by atoms with Crippen molar-refractivity contribution in [2.45, 2.75) is 6.92 Å². The lowest BCUT2D eigenvalue weighted by Crippen LogP contribution is -1.87. The van der Waals surface area contributed by atoms with Gasteiger partial charge in [-0.1, -0.05) is 0 Å². The Kier molecular flexibility index (Phi) is 2.60. The fourth-order valence-electron chi connectivity index (χ4n) is 1.46. The summed E-state index contributed by atoms with van der Waals surface area (Å²) in [7, 11) is 1.67. The summed E-state index contributed by atoms with van der Waals surface area (Å²) in [5.41, 5.74) is 8.73. The average molecular weight is 220 g/mol. The van der Waals surface area contributed by atoms with E-state index in [-0.39, 0.29) is 0 Å². The third-order valence-corrected chi connectivity index (χ3v) is 2.84. The predicted molar refractivity (Wildman–Crippen MR) is 63.3 cm³/mol. The van der Waals surface area contributed by atoms with E-state index in [9.17, 15) is 0 Å². The van der Waals surface area contributed by atoms with E-state index in [0.29, 0.717) is 0 Å². The number of anilines is 1. The molecule has 0 saturated carbocycles. The molecule has 0 aliphatic heterocycles. The number of aromatic nitrogens is 1. The lowest BCUT2D eigenvalue weighted by Gasteiger charge is -2.05. The number of ether oxygens (including phenoxy) is 1. The Hall–Kier alpha value is -1.55. The van der Waals surface area contributed by atoms with E-state index in [1.807, 2.05) is 31.2 Å². The van der Waals surface area contributed by atoms with Crippen LogP contribution in [0.15, 0.2) is 24.3 Å². The van der Waals surface area contributed by atoms with Crippen molar-refractivity contribution in [1.29, 1.82) is 0 Å². The molecule has 1 aromatic heterocycles. The second-order valence-corrected chi connectivity index (χ2v) is 4.14. The van der Waals surface area contributed by atoms with Crippen LogP contribution in [0.3, 0.4) is 0 Å². The van der Waals surface area contributed by atoms with Crippen LogP contribution in [0.4, 0.5) is 5.00 Å². The van der Waals surface area contributed by atoms with Crippen LogP contribution in [0.2, 0.25) is 0 Å². The van der Waals surface area contributed by atoms with Crippen LogP contribution in [-0.2, 0) is 0 Å². The number of nitrogens with two attached hydrogens (primary N) is 1. The highest BCUT2D eigenvalue weighted by Gasteiger charge is 2.05. The first-order valence-electron chi connectivity index (χ1n) is 4.58. The standard InChI is InChI=1S/C11H12N2OS/c1-7-5-8(3-4-10(7)14-2)9-6-11(12)15-13-9/h3-6H,12H2,1-2H3. The molecule has 1 aromatic carbocycles. The van der Waals surface area contributed by atoms with Crippen molar-refractivity contribution in [3.63, 3.8) is 0 Å². The summed E-state index contributed by atoms with van der Waals surface area (Å²) in [4.78, 5) is 0. The Morgan fingerprint density at radius 1 is 1.33 bits per heavy atom. The Morgan fingerprint density at radius 3 is 2.67 bits per heavy atom. The van der Waals surface area contributed by atoms with E-state index in [0.717, 1.165) is 27.6 Å². The van der Waals surface area contributed by atoms with E-state index in [1.54, 1.807) is 7.11 Å². The van der Waals surface area contributed by atoms with E-state index >= 15 is 0 Å². The second kappa shape index (κ2) is 3.90. The molecular weight excluding hydrogens is 208 g/mol. The van der Waals surface area contributed by atoms with Gasteiger partial charge in [0.15, 0.2) is 0 Å². The molecule has 0 fully saturated rings. The minimum absolute atomic E-state index is 0.735. The number of methoxy groups -OCH3 is 1.